The second-order valence-corrected chi connectivity index (χ2v) is 7.11. The number of hydrogen-bond acceptors (Lipinski definition) is 5. The van der Waals surface area contributed by atoms with Gasteiger partial charge in [-0.25, -0.2) is 0 Å². The van der Waals surface area contributed by atoms with Gasteiger partial charge in [0.2, 0.25) is 0 Å². The highest BCUT2D eigenvalue weighted by Crippen LogP contribution is 2.41. The quantitative estimate of drug-likeness (QED) is 0.941. The second kappa shape index (κ2) is 5.10. The van der Waals surface area contributed by atoms with Crippen molar-refractivity contribution < 1.29 is 14.4 Å². The van der Waals surface area contributed by atoms with E-state index < -0.39 is 5.97 Å². The number of likely N-dealkylation sites (tertiary alicyclic amines) is 1. The minimum atomic E-state index is -0.627. The summed E-state index contributed by atoms with van der Waals surface area (Å²) in [6.45, 7) is 3.01. The van der Waals surface area contributed by atoms with Crippen LogP contribution in [0.3, 0.4) is 0 Å². The zero-order valence-corrected chi connectivity index (χ0v) is 12.5. The number of thiophene rings is 1. The van der Waals surface area contributed by atoms with Crippen LogP contribution in [-0.4, -0.2) is 40.8 Å². The molecule has 0 amide bonds. The largest absolute Gasteiger partial charge is 0.481 e. The highest BCUT2D eigenvalue weighted by atomic mass is 32.1. The molecule has 2 atom stereocenters. The molecule has 0 spiro atoms. The number of aromatic nitrogens is 1. The lowest BCUT2D eigenvalue weighted by atomic mass is 9.93. The van der Waals surface area contributed by atoms with E-state index in [0.29, 0.717) is 11.8 Å². The third-order valence-electron chi connectivity index (χ3n) is 4.81. The maximum atomic E-state index is 10.9. The van der Waals surface area contributed by atoms with Crippen molar-refractivity contribution in [3.8, 4) is 0 Å². The smallest absolute Gasteiger partial charge is 0.306 e. The van der Waals surface area contributed by atoms with Crippen LogP contribution in [-0.2, 0) is 4.79 Å². The molecule has 2 aromatic rings. The first kappa shape index (κ1) is 13.3. The van der Waals surface area contributed by atoms with Gasteiger partial charge in [-0.1, -0.05) is 5.16 Å². The highest BCUT2D eigenvalue weighted by molar-refractivity contribution is 7.17. The molecular weight excluding hydrogens is 288 g/mol. The van der Waals surface area contributed by atoms with Crippen LogP contribution in [0, 0.1) is 11.8 Å². The number of piperidine rings is 1. The van der Waals surface area contributed by atoms with Crippen molar-refractivity contribution in [1.29, 1.82) is 0 Å². The predicted octanol–water partition coefficient (Wildman–Crippen LogP) is 2.79. The van der Waals surface area contributed by atoms with Gasteiger partial charge in [-0.2, -0.15) is 0 Å². The average molecular weight is 306 g/mol. The molecular formula is C15H18N2O3S. The van der Waals surface area contributed by atoms with Crippen LogP contribution in [0.15, 0.2) is 16.0 Å². The van der Waals surface area contributed by atoms with Gasteiger partial charge in [-0.3, -0.25) is 4.79 Å². The van der Waals surface area contributed by atoms with Gasteiger partial charge in [0.15, 0.2) is 5.58 Å². The monoisotopic (exact) mass is 306 g/mol. The normalized spacial score (nSPS) is 27.2. The maximum Gasteiger partial charge on any atom is 0.306 e. The summed E-state index contributed by atoms with van der Waals surface area (Å²) >= 11 is 1.70. The van der Waals surface area contributed by atoms with Gasteiger partial charge >= 0.3 is 5.97 Å². The molecule has 2 aromatic heterocycles. The lowest BCUT2D eigenvalue weighted by molar-refractivity contribution is -0.138. The summed E-state index contributed by atoms with van der Waals surface area (Å²) in [7, 11) is 0. The zero-order valence-electron chi connectivity index (χ0n) is 11.7. The molecule has 2 unspecified atom stereocenters. The van der Waals surface area contributed by atoms with E-state index in [-0.39, 0.29) is 5.92 Å². The third-order valence-corrected chi connectivity index (χ3v) is 5.73. The van der Waals surface area contributed by atoms with Crippen LogP contribution in [0.5, 0.6) is 0 Å². The van der Waals surface area contributed by atoms with Gasteiger partial charge in [0.25, 0.3) is 0 Å². The fourth-order valence-corrected chi connectivity index (χ4v) is 4.30. The van der Waals surface area contributed by atoms with Gasteiger partial charge in [0.05, 0.1) is 10.6 Å². The molecule has 0 bridgehead atoms. The highest BCUT2D eigenvalue weighted by Gasteiger charge is 2.44. The van der Waals surface area contributed by atoms with E-state index in [2.05, 4.69) is 10.1 Å². The van der Waals surface area contributed by atoms with Crippen LogP contribution in [0.25, 0.3) is 10.3 Å². The minimum Gasteiger partial charge on any atom is -0.481 e. The van der Waals surface area contributed by atoms with Crippen molar-refractivity contribution in [1.82, 2.24) is 10.1 Å². The number of nitrogens with zero attached hydrogens (tertiary/aromatic N) is 2. The summed E-state index contributed by atoms with van der Waals surface area (Å²) in [6, 6.07) is 1.98. The molecule has 1 saturated carbocycles. The molecule has 1 aliphatic heterocycles. The molecule has 21 heavy (non-hydrogen) atoms. The van der Waals surface area contributed by atoms with Crippen LogP contribution in [0.2, 0.25) is 0 Å². The van der Waals surface area contributed by atoms with Gasteiger partial charge < -0.3 is 14.5 Å². The lowest BCUT2D eigenvalue weighted by Gasteiger charge is -2.31. The average Bonchev–Trinajstić information content (AvgIpc) is 2.92. The SMILES string of the molecule is O=C(O)C1CC1CN1CCC(c2noc3ccsc23)CC1. The molecule has 5 nitrogen and oxygen atoms in total. The minimum absolute atomic E-state index is 0.0935. The number of carboxylic acid groups (broad SMARTS) is 1. The molecule has 3 heterocycles. The molecule has 2 fully saturated rings. The first-order valence-electron chi connectivity index (χ1n) is 7.50. The fourth-order valence-electron chi connectivity index (χ4n) is 3.43. The fraction of sp³-hybridized carbons (Fsp3) is 0.600. The van der Waals surface area contributed by atoms with Crippen molar-refractivity contribution in [2.24, 2.45) is 11.8 Å². The van der Waals surface area contributed by atoms with E-state index in [1.807, 2.05) is 11.4 Å². The topological polar surface area (TPSA) is 66.6 Å². The zero-order chi connectivity index (χ0) is 14.4. The van der Waals surface area contributed by atoms with Crippen molar-refractivity contribution in [3.63, 3.8) is 0 Å². The third kappa shape index (κ3) is 2.46. The van der Waals surface area contributed by atoms with E-state index in [4.69, 9.17) is 9.63 Å². The summed E-state index contributed by atoms with van der Waals surface area (Å²) < 4.78 is 6.56. The molecule has 0 aromatic carbocycles. The number of carboxylic acids is 1. The number of fused-ring (bicyclic) bond motifs is 1. The molecule has 1 N–H and O–H groups in total. The Morgan fingerprint density at radius 1 is 1.48 bits per heavy atom. The molecule has 1 saturated heterocycles. The van der Waals surface area contributed by atoms with E-state index in [1.54, 1.807) is 11.3 Å². The van der Waals surface area contributed by atoms with E-state index >= 15 is 0 Å². The Morgan fingerprint density at radius 2 is 2.29 bits per heavy atom. The van der Waals surface area contributed by atoms with Crippen molar-refractivity contribution in [2.45, 2.75) is 25.2 Å². The second-order valence-electron chi connectivity index (χ2n) is 6.20. The summed E-state index contributed by atoms with van der Waals surface area (Å²) in [5.74, 6) is 0.132. The van der Waals surface area contributed by atoms with E-state index in [9.17, 15) is 4.79 Å². The molecule has 4 rings (SSSR count). The summed E-state index contributed by atoms with van der Waals surface area (Å²) in [6.07, 6.45) is 3.03. The van der Waals surface area contributed by atoms with Crippen LogP contribution < -0.4 is 0 Å². The summed E-state index contributed by atoms with van der Waals surface area (Å²) in [5.41, 5.74) is 2.02. The Morgan fingerprint density at radius 3 is 3.00 bits per heavy atom. The molecule has 112 valence electrons. The van der Waals surface area contributed by atoms with Crippen molar-refractivity contribution in [2.75, 3.05) is 19.6 Å². The van der Waals surface area contributed by atoms with Crippen molar-refractivity contribution >= 4 is 27.6 Å². The van der Waals surface area contributed by atoms with Crippen LogP contribution in [0.1, 0.15) is 30.9 Å². The summed E-state index contributed by atoms with van der Waals surface area (Å²) in [4.78, 5) is 13.3. The van der Waals surface area contributed by atoms with Gasteiger partial charge in [-0.15, -0.1) is 11.3 Å². The molecule has 2 aliphatic rings. The molecule has 0 radical (unpaired) electrons. The Bertz CT molecular complexity index is 657. The molecule has 1 aliphatic carbocycles. The Balaban J connectivity index is 1.35. The Hall–Kier alpha value is -1.40. The number of rotatable bonds is 4. The van der Waals surface area contributed by atoms with Gasteiger partial charge in [0, 0.05) is 12.5 Å². The van der Waals surface area contributed by atoms with E-state index in [1.165, 1.54) is 4.70 Å². The van der Waals surface area contributed by atoms with Gasteiger partial charge in [0.1, 0.15) is 5.69 Å². The predicted molar refractivity (Wildman–Crippen MR) is 79.5 cm³/mol. The van der Waals surface area contributed by atoms with Crippen LogP contribution >= 0.6 is 11.3 Å². The number of carbonyl (C=O) groups is 1. The van der Waals surface area contributed by atoms with E-state index in [0.717, 1.165) is 50.2 Å². The Labute approximate surface area is 126 Å². The Kier molecular flexibility index (Phi) is 3.23. The standard InChI is InChI=1S/C15H18N2O3S/c18-15(19)11-7-10(11)8-17-4-1-9(2-5-17)13-14-12(20-16-13)3-6-21-14/h3,6,9-11H,1-2,4-5,7-8H2,(H,18,19). The van der Waals surface area contributed by atoms with Gasteiger partial charge in [-0.05, 0) is 49.7 Å². The maximum absolute atomic E-state index is 10.9. The van der Waals surface area contributed by atoms with Crippen molar-refractivity contribution in [3.05, 3.63) is 17.1 Å². The first-order valence-corrected chi connectivity index (χ1v) is 8.38. The van der Waals surface area contributed by atoms with Crippen LogP contribution in [0.4, 0.5) is 0 Å². The summed E-state index contributed by atoms with van der Waals surface area (Å²) in [5, 5.41) is 15.3. The first-order chi connectivity index (χ1) is 10.2. The lowest BCUT2D eigenvalue weighted by Crippen LogP contribution is -2.35. The molecule has 6 heteroatoms. The number of hydrogen-bond donors (Lipinski definition) is 1. The number of aliphatic carboxylic acids is 1.